The van der Waals surface area contributed by atoms with E-state index in [4.69, 9.17) is 0 Å². The van der Waals surface area contributed by atoms with E-state index in [-0.39, 0.29) is 23.2 Å². The third-order valence-electron chi connectivity index (χ3n) is 4.92. The largest absolute Gasteiger partial charge is 0.370 e. The number of hydrogen-bond acceptors (Lipinski definition) is 4. The molecule has 2 aromatic rings. The predicted octanol–water partition coefficient (Wildman–Crippen LogP) is 2.33. The Morgan fingerprint density at radius 3 is 2.81 bits per heavy atom. The van der Waals surface area contributed by atoms with Crippen LogP contribution in [0.3, 0.4) is 0 Å². The Kier molecular flexibility index (Phi) is 6.21. The number of carbonyl (C=O) groups excluding carboxylic acids is 1. The zero-order valence-electron chi connectivity index (χ0n) is 15.5. The van der Waals surface area contributed by atoms with Gasteiger partial charge in [-0.2, -0.15) is 5.10 Å². The van der Waals surface area contributed by atoms with Gasteiger partial charge in [0.25, 0.3) is 5.56 Å². The third kappa shape index (κ3) is 5.15. The van der Waals surface area contributed by atoms with Crippen molar-refractivity contribution in [1.29, 1.82) is 0 Å². The number of nitrogens with zero attached hydrogens (tertiary/aromatic N) is 3. The highest BCUT2D eigenvalue weighted by molar-refractivity contribution is 5.76. The molecule has 1 aromatic carbocycles. The molecule has 27 heavy (non-hydrogen) atoms. The number of anilines is 1. The van der Waals surface area contributed by atoms with Crippen LogP contribution < -0.4 is 15.8 Å². The molecule has 6 nitrogen and oxygen atoms in total. The summed E-state index contributed by atoms with van der Waals surface area (Å²) in [7, 11) is 0. The molecule has 1 atom stereocenters. The second kappa shape index (κ2) is 8.79. The molecule has 0 radical (unpaired) electrons. The second-order valence-corrected chi connectivity index (χ2v) is 6.93. The van der Waals surface area contributed by atoms with E-state index in [1.165, 1.54) is 16.8 Å². The van der Waals surface area contributed by atoms with Crippen LogP contribution in [0.4, 0.5) is 10.1 Å². The molecule has 1 fully saturated rings. The number of rotatable bonds is 6. The van der Waals surface area contributed by atoms with Crippen molar-refractivity contribution in [3.8, 4) is 0 Å². The van der Waals surface area contributed by atoms with Crippen LogP contribution in [0.1, 0.15) is 31.7 Å². The van der Waals surface area contributed by atoms with Crippen LogP contribution in [0.2, 0.25) is 0 Å². The van der Waals surface area contributed by atoms with E-state index >= 15 is 0 Å². The normalized spacial score (nSPS) is 17.0. The molecule has 1 saturated heterocycles. The fourth-order valence-electron chi connectivity index (χ4n) is 3.44. The first kappa shape index (κ1) is 19.1. The lowest BCUT2D eigenvalue weighted by Gasteiger charge is -2.34. The summed E-state index contributed by atoms with van der Waals surface area (Å²) in [5.74, 6) is -0.0558. The molecule has 1 amide bonds. The third-order valence-corrected chi connectivity index (χ3v) is 4.92. The number of benzene rings is 1. The number of piperidine rings is 1. The highest BCUT2D eigenvalue weighted by Crippen LogP contribution is 2.23. The molecule has 0 bridgehead atoms. The monoisotopic (exact) mass is 372 g/mol. The minimum absolute atomic E-state index is 0.00861. The Labute approximate surface area is 158 Å². The van der Waals surface area contributed by atoms with Crippen LogP contribution in [0.5, 0.6) is 0 Å². The Balaban J connectivity index is 1.53. The molecule has 3 rings (SSSR count). The van der Waals surface area contributed by atoms with Crippen LogP contribution in [0.25, 0.3) is 0 Å². The van der Waals surface area contributed by atoms with Gasteiger partial charge >= 0.3 is 0 Å². The first-order valence-corrected chi connectivity index (χ1v) is 9.38. The Morgan fingerprint density at radius 2 is 2.11 bits per heavy atom. The molecule has 1 N–H and O–H groups in total. The molecule has 0 aliphatic carbocycles. The number of halogens is 1. The lowest BCUT2D eigenvalue weighted by atomic mass is 9.94. The number of nitrogens with one attached hydrogen (secondary N) is 1. The number of amides is 1. The molecule has 1 aromatic heterocycles. The topological polar surface area (TPSA) is 67.2 Å². The average Bonchev–Trinajstić information content (AvgIpc) is 2.67. The lowest BCUT2D eigenvalue weighted by molar-refractivity contribution is -0.122. The van der Waals surface area contributed by atoms with Crippen molar-refractivity contribution in [2.75, 3.05) is 18.0 Å². The highest BCUT2D eigenvalue weighted by Gasteiger charge is 2.23. The van der Waals surface area contributed by atoms with Crippen molar-refractivity contribution in [3.05, 3.63) is 58.3 Å². The summed E-state index contributed by atoms with van der Waals surface area (Å²) in [6.07, 6.45) is 4.13. The summed E-state index contributed by atoms with van der Waals surface area (Å²) >= 11 is 0. The molecule has 144 valence electrons. The van der Waals surface area contributed by atoms with Gasteiger partial charge in [0, 0.05) is 38.7 Å². The zero-order chi connectivity index (χ0) is 19.2. The summed E-state index contributed by atoms with van der Waals surface area (Å²) in [5, 5.41) is 7.08. The molecule has 7 heteroatoms. The van der Waals surface area contributed by atoms with Gasteiger partial charge in [0.2, 0.25) is 5.91 Å². The van der Waals surface area contributed by atoms with Gasteiger partial charge in [-0.3, -0.25) is 9.59 Å². The molecule has 1 aliphatic heterocycles. The maximum absolute atomic E-state index is 12.9. The Hall–Kier alpha value is -2.70. The molecular weight excluding hydrogens is 347 g/mol. The summed E-state index contributed by atoms with van der Waals surface area (Å²) < 4.78 is 14.3. The van der Waals surface area contributed by atoms with Gasteiger partial charge in [-0.25, -0.2) is 9.07 Å². The van der Waals surface area contributed by atoms with Crippen LogP contribution in [-0.2, 0) is 17.9 Å². The van der Waals surface area contributed by atoms with Crippen molar-refractivity contribution >= 4 is 11.6 Å². The van der Waals surface area contributed by atoms with Crippen molar-refractivity contribution in [2.45, 2.75) is 39.3 Å². The average molecular weight is 372 g/mol. The maximum Gasteiger partial charge on any atom is 0.268 e. The molecule has 2 heterocycles. The minimum atomic E-state index is -0.284. The van der Waals surface area contributed by atoms with Crippen LogP contribution in [0.15, 0.2) is 41.3 Å². The summed E-state index contributed by atoms with van der Waals surface area (Å²) in [6, 6.07) is 7.74. The van der Waals surface area contributed by atoms with Crippen LogP contribution in [-0.4, -0.2) is 28.8 Å². The first-order chi connectivity index (χ1) is 13.0. The lowest BCUT2D eigenvalue weighted by Crippen LogP contribution is -2.38. The predicted molar refractivity (Wildman–Crippen MR) is 102 cm³/mol. The molecule has 0 spiro atoms. The smallest absolute Gasteiger partial charge is 0.268 e. The standard InChI is InChI=1S/C20H25FN4O2/c1-2-25-20(27)11-18(13-23-25)24-9-3-4-16(14-24)10-19(26)22-12-15-5-7-17(21)8-6-15/h5-8,11,13,16H,2-4,9-10,12,14H2,1H3,(H,22,26). The molecule has 0 saturated carbocycles. The van der Waals surface area contributed by atoms with Crippen molar-refractivity contribution in [2.24, 2.45) is 5.92 Å². The van der Waals surface area contributed by atoms with E-state index in [1.807, 2.05) is 6.92 Å². The number of aromatic nitrogens is 2. The van der Waals surface area contributed by atoms with E-state index in [9.17, 15) is 14.0 Å². The van der Waals surface area contributed by atoms with Crippen molar-refractivity contribution in [1.82, 2.24) is 15.1 Å². The van der Waals surface area contributed by atoms with Crippen molar-refractivity contribution in [3.63, 3.8) is 0 Å². The fourth-order valence-corrected chi connectivity index (χ4v) is 3.44. The highest BCUT2D eigenvalue weighted by atomic mass is 19.1. The van der Waals surface area contributed by atoms with Crippen LogP contribution >= 0.6 is 0 Å². The van der Waals surface area contributed by atoms with Gasteiger partial charge in [0.15, 0.2) is 0 Å². The van der Waals surface area contributed by atoms with Crippen molar-refractivity contribution < 1.29 is 9.18 Å². The summed E-state index contributed by atoms with van der Waals surface area (Å²) in [4.78, 5) is 26.4. The van der Waals surface area contributed by atoms with E-state index in [1.54, 1.807) is 24.4 Å². The summed E-state index contributed by atoms with van der Waals surface area (Å²) in [5.41, 5.74) is 1.59. The first-order valence-electron chi connectivity index (χ1n) is 9.38. The SMILES string of the molecule is CCn1ncc(N2CCCC(CC(=O)NCc3ccc(F)cc3)C2)cc1=O. The van der Waals surface area contributed by atoms with Crippen LogP contribution in [0, 0.1) is 11.7 Å². The van der Waals surface area contributed by atoms with Gasteiger partial charge in [-0.1, -0.05) is 12.1 Å². The quantitative estimate of drug-likeness (QED) is 0.845. The Bertz CT molecular complexity index is 835. The van der Waals surface area contributed by atoms with Gasteiger partial charge in [-0.15, -0.1) is 0 Å². The van der Waals surface area contributed by atoms with E-state index in [2.05, 4.69) is 15.3 Å². The zero-order valence-corrected chi connectivity index (χ0v) is 15.5. The molecule has 1 unspecified atom stereocenters. The van der Waals surface area contributed by atoms with E-state index in [0.29, 0.717) is 19.5 Å². The van der Waals surface area contributed by atoms with Gasteiger partial charge in [0.1, 0.15) is 5.82 Å². The van der Waals surface area contributed by atoms with Gasteiger partial charge in [-0.05, 0) is 43.4 Å². The Morgan fingerprint density at radius 1 is 1.33 bits per heavy atom. The number of carbonyl (C=O) groups is 1. The fraction of sp³-hybridized carbons (Fsp3) is 0.450. The minimum Gasteiger partial charge on any atom is -0.370 e. The second-order valence-electron chi connectivity index (χ2n) is 6.93. The van der Waals surface area contributed by atoms with Gasteiger partial charge in [0.05, 0.1) is 11.9 Å². The number of hydrogen-bond donors (Lipinski definition) is 1. The van der Waals surface area contributed by atoms with Gasteiger partial charge < -0.3 is 10.2 Å². The number of aryl methyl sites for hydroxylation is 1. The van der Waals surface area contributed by atoms with E-state index < -0.39 is 0 Å². The summed E-state index contributed by atoms with van der Waals surface area (Å²) in [6.45, 7) is 4.44. The van der Waals surface area contributed by atoms with E-state index in [0.717, 1.165) is 37.2 Å². The maximum atomic E-state index is 12.9. The molecular formula is C20H25FN4O2. The molecule has 1 aliphatic rings.